The van der Waals surface area contributed by atoms with E-state index in [-0.39, 0.29) is 18.1 Å². The van der Waals surface area contributed by atoms with Gasteiger partial charge in [0.15, 0.2) is 5.76 Å². The van der Waals surface area contributed by atoms with Gasteiger partial charge >= 0.3 is 0 Å². The molecule has 0 radical (unpaired) electrons. The van der Waals surface area contributed by atoms with E-state index in [9.17, 15) is 4.79 Å². The molecule has 0 aliphatic heterocycles. The molecule has 2 heterocycles. The molecule has 1 amide bonds. The molecule has 140 valence electrons. The Labute approximate surface area is 157 Å². The van der Waals surface area contributed by atoms with Gasteiger partial charge in [0.05, 0.1) is 30.7 Å². The molecule has 1 aliphatic rings. The minimum absolute atomic E-state index is 0.00128. The SMILES string of the molecule is Cc1noc(-c2ccco2)c1C(=O)N[C@H]1CCC[C@@H]1OCc1ccccc1. The van der Waals surface area contributed by atoms with Gasteiger partial charge in [-0.25, -0.2) is 0 Å². The summed E-state index contributed by atoms with van der Waals surface area (Å²) in [7, 11) is 0. The van der Waals surface area contributed by atoms with Crippen LogP contribution in [0.4, 0.5) is 0 Å². The zero-order valence-corrected chi connectivity index (χ0v) is 15.2. The Hall–Kier alpha value is -2.86. The summed E-state index contributed by atoms with van der Waals surface area (Å²) < 4.78 is 16.8. The van der Waals surface area contributed by atoms with Gasteiger partial charge in [0.2, 0.25) is 5.76 Å². The van der Waals surface area contributed by atoms with Gasteiger partial charge in [0, 0.05) is 0 Å². The van der Waals surface area contributed by atoms with E-state index in [1.807, 2.05) is 30.3 Å². The average Bonchev–Trinajstić information content (AvgIpc) is 3.41. The van der Waals surface area contributed by atoms with Crippen molar-refractivity contribution in [3.05, 3.63) is 65.5 Å². The number of hydrogen-bond acceptors (Lipinski definition) is 5. The first-order chi connectivity index (χ1) is 13.2. The number of rotatable bonds is 6. The fourth-order valence-electron chi connectivity index (χ4n) is 3.52. The van der Waals surface area contributed by atoms with Crippen LogP contribution in [0.1, 0.15) is 40.9 Å². The molecule has 3 aromatic rings. The van der Waals surface area contributed by atoms with Gasteiger partial charge in [-0.2, -0.15) is 0 Å². The van der Waals surface area contributed by atoms with Crippen molar-refractivity contribution in [1.29, 1.82) is 0 Å². The lowest BCUT2D eigenvalue weighted by Crippen LogP contribution is -2.41. The lowest BCUT2D eigenvalue weighted by molar-refractivity contribution is 0.0272. The molecular weight excluding hydrogens is 344 g/mol. The Morgan fingerprint density at radius 2 is 2.07 bits per heavy atom. The van der Waals surface area contributed by atoms with E-state index in [1.165, 1.54) is 0 Å². The molecule has 1 fully saturated rings. The standard InChI is InChI=1S/C21H22N2O4/c1-14-19(20(27-23-14)18-11-6-12-25-18)21(24)22-16-9-5-10-17(16)26-13-15-7-3-2-4-8-15/h2-4,6-8,11-12,16-17H,5,9-10,13H2,1H3,(H,22,24)/t16-,17-/m0/s1. The molecule has 1 saturated carbocycles. The largest absolute Gasteiger partial charge is 0.461 e. The number of aromatic nitrogens is 1. The van der Waals surface area contributed by atoms with Gasteiger partial charge in [0.25, 0.3) is 5.91 Å². The third kappa shape index (κ3) is 3.80. The number of ether oxygens (including phenoxy) is 1. The molecule has 4 rings (SSSR count). The maximum absolute atomic E-state index is 12.9. The Morgan fingerprint density at radius 1 is 1.22 bits per heavy atom. The summed E-state index contributed by atoms with van der Waals surface area (Å²) >= 11 is 0. The van der Waals surface area contributed by atoms with Crippen molar-refractivity contribution in [2.75, 3.05) is 0 Å². The van der Waals surface area contributed by atoms with Crippen LogP contribution in [-0.2, 0) is 11.3 Å². The molecular formula is C21H22N2O4. The van der Waals surface area contributed by atoms with Gasteiger partial charge in [-0.15, -0.1) is 0 Å². The predicted octanol–water partition coefficient (Wildman–Crippen LogP) is 4.11. The summed E-state index contributed by atoms with van der Waals surface area (Å²) in [5.41, 5.74) is 2.08. The van der Waals surface area contributed by atoms with Crippen molar-refractivity contribution in [3.63, 3.8) is 0 Å². The van der Waals surface area contributed by atoms with Gasteiger partial charge < -0.3 is 19.0 Å². The maximum Gasteiger partial charge on any atom is 0.257 e. The van der Waals surface area contributed by atoms with Crippen LogP contribution in [0.5, 0.6) is 0 Å². The van der Waals surface area contributed by atoms with E-state index in [0.29, 0.717) is 29.4 Å². The second-order valence-corrected chi connectivity index (χ2v) is 6.80. The average molecular weight is 366 g/mol. The molecule has 2 aromatic heterocycles. The van der Waals surface area contributed by atoms with E-state index in [0.717, 1.165) is 24.8 Å². The topological polar surface area (TPSA) is 77.5 Å². The van der Waals surface area contributed by atoms with E-state index in [2.05, 4.69) is 10.5 Å². The van der Waals surface area contributed by atoms with E-state index in [4.69, 9.17) is 13.7 Å². The molecule has 0 unspecified atom stereocenters. The highest BCUT2D eigenvalue weighted by atomic mass is 16.5. The Kier molecular flexibility index (Phi) is 5.07. The number of benzene rings is 1. The van der Waals surface area contributed by atoms with Crippen LogP contribution in [0.3, 0.4) is 0 Å². The molecule has 2 atom stereocenters. The number of carbonyl (C=O) groups excluding carboxylic acids is 1. The van der Waals surface area contributed by atoms with Crippen molar-refractivity contribution in [1.82, 2.24) is 10.5 Å². The first-order valence-electron chi connectivity index (χ1n) is 9.19. The Bertz CT molecular complexity index is 886. The van der Waals surface area contributed by atoms with Crippen molar-refractivity contribution in [3.8, 4) is 11.5 Å². The smallest absolute Gasteiger partial charge is 0.257 e. The number of nitrogens with one attached hydrogen (secondary N) is 1. The number of carbonyl (C=O) groups is 1. The molecule has 6 nitrogen and oxygen atoms in total. The molecule has 1 aliphatic carbocycles. The third-order valence-electron chi connectivity index (χ3n) is 4.91. The van der Waals surface area contributed by atoms with Crippen LogP contribution >= 0.6 is 0 Å². The van der Waals surface area contributed by atoms with Crippen molar-refractivity contribution >= 4 is 5.91 Å². The fraction of sp³-hybridized carbons (Fsp3) is 0.333. The number of furan rings is 1. The van der Waals surface area contributed by atoms with Gasteiger partial charge in [-0.1, -0.05) is 35.5 Å². The molecule has 0 bridgehead atoms. The Morgan fingerprint density at radius 3 is 2.85 bits per heavy atom. The second kappa shape index (κ2) is 7.80. The van der Waals surface area contributed by atoms with Crippen LogP contribution in [0, 0.1) is 6.92 Å². The number of amides is 1. The highest BCUT2D eigenvalue weighted by Crippen LogP contribution is 2.28. The molecule has 0 spiro atoms. The monoisotopic (exact) mass is 366 g/mol. The first-order valence-corrected chi connectivity index (χ1v) is 9.19. The lowest BCUT2D eigenvalue weighted by atomic mass is 10.1. The summed E-state index contributed by atoms with van der Waals surface area (Å²) in [4.78, 5) is 12.9. The summed E-state index contributed by atoms with van der Waals surface area (Å²) in [5, 5.41) is 7.04. The normalized spacial score (nSPS) is 19.3. The van der Waals surface area contributed by atoms with Gasteiger partial charge in [-0.3, -0.25) is 4.79 Å². The molecule has 27 heavy (non-hydrogen) atoms. The summed E-state index contributed by atoms with van der Waals surface area (Å²) in [5.74, 6) is 0.638. The highest BCUT2D eigenvalue weighted by molar-refractivity contribution is 6.00. The summed E-state index contributed by atoms with van der Waals surface area (Å²) in [6.07, 6.45) is 4.40. The second-order valence-electron chi connectivity index (χ2n) is 6.80. The molecule has 0 saturated heterocycles. The quantitative estimate of drug-likeness (QED) is 0.710. The number of aryl methyl sites for hydroxylation is 1. The van der Waals surface area contributed by atoms with E-state index < -0.39 is 0 Å². The number of nitrogens with zero attached hydrogens (tertiary/aromatic N) is 1. The lowest BCUT2D eigenvalue weighted by Gasteiger charge is -2.21. The van der Waals surface area contributed by atoms with Crippen LogP contribution in [0.25, 0.3) is 11.5 Å². The highest BCUT2D eigenvalue weighted by Gasteiger charge is 2.32. The van der Waals surface area contributed by atoms with Gasteiger partial charge in [0.1, 0.15) is 5.56 Å². The Balaban J connectivity index is 1.44. The summed E-state index contributed by atoms with van der Waals surface area (Å²) in [6.45, 7) is 2.30. The first kappa shape index (κ1) is 17.5. The fourth-order valence-corrected chi connectivity index (χ4v) is 3.52. The maximum atomic E-state index is 12.9. The van der Waals surface area contributed by atoms with Crippen LogP contribution in [-0.4, -0.2) is 23.2 Å². The van der Waals surface area contributed by atoms with Gasteiger partial charge in [-0.05, 0) is 43.9 Å². The van der Waals surface area contributed by atoms with E-state index >= 15 is 0 Å². The zero-order valence-electron chi connectivity index (χ0n) is 15.2. The number of hydrogen-bond donors (Lipinski definition) is 1. The van der Waals surface area contributed by atoms with Crippen molar-refractivity contribution in [2.45, 2.75) is 44.9 Å². The minimum Gasteiger partial charge on any atom is -0.461 e. The van der Waals surface area contributed by atoms with Crippen molar-refractivity contribution < 1.29 is 18.5 Å². The van der Waals surface area contributed by atoms with Crippen molar-refractivity contribution in [2.24, 2.45) is 0 Å². The molecule has 6 heteroatoms. The summed E-state index contributed by atoms with van der Waals surface area (Å²) in [6, 6.07) is 13.5. The molecule has 1 N–H and O–H groups in total. The van der Waals surface area contributed by atoms with Crippen LogP contribution in [0.15, 0.2) is 57.7 Å². The predicted molar refractivity (Wildman–Crippen MR) is 99.1 cm³/mol. The van der Waals surface area contributed by atoms with E-state index in [1.54, 1.807) is 25.3 Å². The zero-order chi connectivity index (χ0) is 18.6. The van der Waals surface area contributed by atoms with Crippen LogP contribution in [0.2, 0.25) is 0 Å². The molecule has 1 aromatic carbocycles. The minimum atomic E-state index is -0.208. The third-order valence-corrected chi connectivity index (χ3v) is 4.91. The van der Waals surface area contributed by atoms with Crippen LogP contribution < -0.4 is 5.32 Å².